The normalized spacial score (nSPS) is 10.7. The lowest BCUT2D eigenvalue weighted by atomic mass is 10.1. The lowest BCUT2D eigenvalue weighted by Gasteiger charge is -2.11. The zero-order valence-corrected chi connectivity index (χ0v) is 16.6. The van der Waals surface area contributed by atoms with Crippen molar-refractivity contribution < 1.29 is 19.1 Å². The van der Waals surface area contributed by atoms with Crippen molar-refractivity contribution in [1.29, 1.82) is 0 Å². The molecule has 0 atom stereocenters. The van der Waals surface area contributed by atoms with Gasteiger partial charge in [0.05, 0.1) is 25.0 Å². The summed E-state index contributed by atoms with van der Waals surface area (Å²) in [4.78, 5) is 17.0. The van der Waals surface area contributed by atoms with E-state index in [1.165, 1.54) is 13.3 Å². The van der Waals surface area contributed by atoms with Crippen molar-refractivity contribution in [2.45, 2.75) is 20.8 Å². The predicted octanol–water partition coefficient (Wildman–Crippen LogP) is 4.35. The van der Waals surface area contributed by atoms with E-state index in [4.69, 9.17) is 25.9 Å². The molecule has 0 unspecified atom stereocenters. The molecule has 2 rings (SSSR count). The summed E-state index contributed by atoms with van der Waals surface area (Å²) in [5.41, 5.74) is 3.54. The lowest BCUT2D eigenvalue weighted by Crippen LogP contribution is -2.17. The molecule has 0 aromatic heterocycles. The monoisotopic (exact) mass is 390 g/mol. The minimum Gasteiger partial charge on any atom is -0.493 e. The highest BCUT2D eigenvalue weighted by atomic mass is 35.5. The molecular weight excluding hydrogens is 368 g/mol. The maximum Gasteiger partial charge on any atom is 0.265 e. The van der Waals surface area contributed by atoms with E-state index in [0.29, 0.717) is 28.7 Å². The van der Waals surface area contributed by atoms with Crippen LogP contribution >= 0.6 is 11.6 Å². The standard InChI is InChI=1S/C20H23ClN2O4/c1-5-26-20-16(21)9-15(10-18(20)25-4)11-22-27-12-19(24)23-17-7-6-13(2)8-14(17)3/h6-11H,5,12H2,1-4H3,(H,23,24)/b22-11-. The lowest BCUT2D eigenvalue weighted by molar-refractivity contribution is -0.120. The summed E-state index contributed by atoms with van der Waals surface area (Å²) in [6.07, 6.45) is 1.45. The highest BCUT2D eigenvalue weighted by Crippen LogP contribution is 2.35. The van der Waals surface area contributed by atoms with Gasteiger partial charge in [0.25, 0.3) is 5.91 Å². The van der Waals surface area contributed by atoms with Gasteiger partial charge in [-0.3, -0.25) is 4.79 Å². The van der Waals surface area contributed by atoms with E-state index in [0.717, 1.165) is 16.8 Å². The molecule has 1 amide bonds. The number of ether oxygens (including phenoxy) is 2. The first-order valence-corrected chi connectivity index (χ1v) is 8.85. The van der Waals surface area contributed by atoms with Gasteiger partial charge in [-0.1, -0.05) is 34.5 Å². The van der Waals surface area contributed by atoms with Crippen LogP contribution in [-0.4, -0.2) is 32.4 Å². The third kappa shape index (κ3) is 5.89. The second-order valence-electron chi connectivity index (χ2n) is 5.84. The van der Waals surface area contributed by atoms with Crippen LogP contribution in [0.5, 0.6) is 11.5 Å². The largest absolute Gasteiger partial charge is 0.493 e. The van der Waals surface area contributed by atoms with Gasteiger partial charge in [0.15, 0.2) is 18.1 Å². The summed E-state index contributed by atoms with van der Waals surface area (Å²) in [7, 11) is 1.53. The number of hydrogen-bond donors (Lipinski definition) is 1. The maximum atomic E-state index is 12.0. The number of nitrogens with one attached hydrogen (secondary N) is 1. The zero-order chi connectivity index (χ0) is 19.8. The SMILES string of the molecule is CCOc1c(Cl)cc(/C=N\OCC(=O)Nc2ccc(C)cc2C)cc1OC. The highest BCUT2D eigenvalue weighted by Gasteiger charge is 2.11. The molecule has 0 bridgehead atoms. The Bertz CT molecular complexity index is 837. The van der Waals surface area contributed by atoms with Gasteiger partial charge in [-0.05, 0) is 44.5 Å². The third-order valence-electron chi connectivity index (χ3n) is 3.67. The minimum atomic E-state index is -0.290. The van der Waals surface area contributed by atoms with Crippen LogP contribution in [0, 0.1) is 13.8 Å². The van der Waals surface area contributed by atoms with Gasteiger partial charge in [0.1, 0.15) is 0 Å². The van der Waals surface area contributed by atoms with Gasteiger partial charge in [-0.15, -0.1) is 0 Å². The third-order valence-corrected chi connectivity index (χ3v) is 3.95. The van der Waals surface area contributed by atoms with Gasteiger partial charge < -0.3 is 19.6 Å². The predicted molar refractivity (Wildman–Crippen MR) is 107 cm³/mol. The van der Waals surface area contributed by atoms with Crippen molar-refractivity contribution in [3.05, 3.63) is 52.0 Å². The van der Waals surface area contributed by atoms with E-state index >= 15 is 0 Å². The number of aryl methyl sites for hydroxylation is 2. The topological polar surface area (TPSA) is 69.2 Å². The average molecular weight is 391 g/mol. The number of amides is 1. The Morgan fingerprint density at radius 1 is 1.26 bits per heavy atom. The van der Waals surface area contributed by atoms with Crippen LogP contribution in [-0.2, 0) is 9.63 Å². The van der Waals surface area contributed by atoms with E-state index in [-0.39, 0.29) is 12.5 Å². The summed E-state index contributed by atoms with van der Waals surface area (Å²) in [6.45, 7) is 6.07. The quantitative estimate of drug-likeness (QED) is 0.537. The smallest absolute Gasteiger partial charge is 0.265 e. The van der Waals surface area contributed by atoms with Crippen molar-refractivity contribution in [2.75, 3.05) is 25.6 Å². The highest BCUT2D eigenvalue weighted by molar-refractivity contribution is 6.32. The Balaban J connectivity index is 1.93. The zero-order valence-electron chi connectivity index (χ0n) is 15.8. The molecule has 0 aliphatic heterocycles. The fourth-order valence-electron chi connectivity index (χ4n) is 2.43. The van der Waals surface area contributed by atoms with E-state index in [9.17, 15) is 4.79 Å². The van der Waals surface area contributed by atoms with Crippen LogP contribution in [0.3, 0.4) is 0 Å². The van der Waals surface area contributed by atoms with Crippen LogP contribution in [0.1, 0.15) is 23.6 Å². The Morgan fingerprint density at radius 2 is 2.04 bits per heavy atom. The van der Waals surface area contributed by atoms with Crippen LogP contribution < -0.4 is 14.8 Å². The Labute approximate surface area is 164 Å². The van der Waals surface area contributed by atoms with Crippen LogP contribution in [0.25, 0.3) is 0 Å². The number of halogens is 1. The fraction of sp³-hybridized carbons (Fsp3) is 0.300. The molecule has 0 spiro atoms. The molecule has 0 saturated heterocycles. The molecule has 2 aromatic carbocycles. The van der Waals surface area contributed by atoms with Gasteiger partial charge in [0.2, 0.25) is 0 Å². The van der Waals surface area contributed by atoms with Crippen molar-refractivity contribution in [2.24, 2.45) is 5.16 Å². The summed E-state index contributed by atoms with van der Waals surface area (Å²) in [6, 6.07) is 9.19. The minimum absolute atomic E-state index is 0.203. The van der Waals surface area contributed by atoms with Crippen molar-refractivity contribution in [3.8, 4) is 11.5 Å². The number of carbonyl (C=O) groups excluding carboxylic acids is 1. The molecule has 144 valence electrons. The first-order chi connectivity index (χ1) is 12.9. The first-order valence-electron chi connectivity index (χ1n) is 8.47. The number of benzene rings is 2. The van der Waals surface area contributed by atoms with Gasteiger partial charge in [-0.2, -0.15) is 0 Å². The molecule has 27 heavy (non-hydrogen) atoms. The average Bonchev–Trinajstić information content (AvgIpc) is 2.63. The number of hydrogen-bond acceptors (Lipinski definition) is 5. The van der Waals surface area contributed by atoms with E-state index < -0.39 is 0 Å². The molecule has 1 N–H and O–H groups in total. The Hall–Kier alpha value is -2.73. The van der Waals surface area contributed by atoms with Crippen molar-refractivity contribution in [3.63, 3.8) is 0 Å². The summed E-state index contributed by atoms with van der Waals surface area (Å²) >= 11 is 6.20. The number of carbonyl (C=O) groups is 1. The number of oxime groups is 1. The molecule has 0 aliphatic rings. The van der Waals surface area contributed by atoms with Gasteiger partial charge >= 0.3 is 0 Å². The number of rotatable bonds is 8. The van der Waals surface area contributed by atoms with E-state index in [1.807, 2.05) is 39.0 Å². The molecule has 6 nitrogen and oxygen atoms in total. The first kappa shape index (κ1) is 20.6. The van der Waals surface area contributed by atoms with E-state index in [2.05, 4.69) is 10.5 Å². The molecular formula is C20H23ClN2O4. The molecule has 0 radical (unpaired) electrons. The number of nitrogens with zero attached hydrogens (tertiary/aromatic N) is 1. The Morgan fingerprint density at radius 3 is 2.70 bits per heavy atom. The molecule has 2 aromatic rings. The van der Waals surface area contributed by atoms with Gasteiger partial charge in [-0.25, -0.2) is 0 Å². The van der Waals surface area contributed by atoms with Crippen LogP contribution in [0.15, 0.2) is 35.5 Å². The van der Waals surface area contributed by atoms with Crippen molar-refractivity contribution >= 4 is 29.4 Å². The molecule has 0 fully saturated rings. The molecule has 0 saturated carbocycles. The fourth-order valence-corrected chi connectivity index (χ4v) is 2.71. The second kappa shape index (κ2) is 9.83. The number of methoxy groups -OCH3 is 1. The molecule has 0 heterocycles. The summed E-state index contributed by atoms with van der Waals surface area (Å²) < 4.78 is 10.7. The number of anilines is 1. The van der Waals surface area contributed by atoms with E-state index in [1.54, 1.807) is 12.1 Å². The van der Waals surface area contributed by atoms with Crippen molar-refractivity contribution in [1.82, 2.24) is 0 Å². The molecule has 7 heteroatoms. The Kier molecular flexibility index (Phi) is 7.49. The van der Waals surface area contributed by atoms with Crippen LogP contribution in [0.2, 0.25) is 5.02 Å². The summed E-state index contributed by atoms with van der Waals surface area (Å²) in [5, 5.41) is 7.01. The maximum absolute atomic E-state index is 12.0. The summed E-state index contributed by atoms with van der Waals surface area (Å²) in [5.74, 6) is 0.687. The van der Waals surface area contributed by atoms with Gasteiger partial charge in [0, 0.05) is 11.3 Å². The second-order valence-corrected chi connectivity index (χ2v) is 6.25. The molecule has 0 aliphatic carbocycles. The van der Waals surface area contributed by atoms with Crippen LogP contribution in [0.4, 0.5) is 5.69 Å².